The lowest BCUT2D eigenvalue weighted by molar-refractivity contribution is 1.13. The van der Waals surface area contributed by atoms with E-state index in [-0.39, 0.29) is 0 Å². The van der Waals surface area contributed by atoms with E-state index >= 15 is 0 Å². The van der Waals surface area contributed by atoms with Gasteiger partial charge in [-0.1, -0.05) is 58.7 Å². The third kappa shape index (κ3) is 4.95. The molecule has 0 nitrogen and oxygen atoms in total. The fraction of sp³-hybridized carbons (Fsp3) is 0.360. The minimum Gasteiger partial charge on any atom is -0.0687 e. The molecule has 0 N–H and O–H groups in total. The van der Waals surface area contributed by atoms with E-state index in [1.165, 1.54) is 55.7 Å². The van der Waals surface area contributed by atoms with Crippen molar-refractivity contribution in [1.29, 1.82) is 0 Å². The Balaban J connectivity index is 2.27. The van der Waals surface area contributed by atoms with E-state index in [0.717, 1.165) is 6.42 Å². The molecule has 132 valence electrons. The number of hydrogen-bond acceptors (Lipinski definition) is 0. The van der Waals surface area contributed by atoms with Crippen molar-refractivity contribution in [2.75, 3.05) is 0 Å². The summed E-state index contributed by atoms with van der Waals surface area (Å²) in [5.74, 6) is 0. The molecule has 0 saturated carbocycles. The lowest BCUT2D eigenvalue weighted by Crippen LogP contribution is -1.92. The Labute approximate surface area is 154 Å². The molecular formula is C25H32. The molecule has 0 saturated heterocycles. The summed E-state index contributed by atoms with van der Waals surface area (Å²) in [5, 5.41) is 0. The molecular weight excluding hydrogens is 300 g/mol. The molecule has 0 heterocycles. The molecule has 2 rings (SSSR count). The number of benzene rings is 2. The van der Waals surface area contributed by atoms with Crippen LogP contribution >= 0.6 is 0 Å². The molecule has 0 aromatic heterocycles. The highest BCUT2D eigenvalue weighted by Gasteiger charge is 2.05. The van der Waals surface area contributed by atoms with Crippen molar-refractivity contribution in [1.82, 2.24) is 0 Å². The second kappa shape index (κ2) is 7.87. The Hall–Kier alpha value is -2.08. The van der Waals surface area contributed by atoms with Crippen LogP contribution in [0, 0.1) is 41.5 Å². The maximum Gasteiger partial charge on any atom is -0.0107 e. The molecule has 0 radical (unpaired) electrons. The van der Waals surface area contributed by atoms with Gasteiger partial charge in [0.15, 0.2) is 0 Å². The molecule has 0 bridgehead atoms. The second-order valence-electron chi connectivity index (χ2n) is 7.78. The van der Waals surface area contributed by atoms with E-state index in [1.54, 1.807) is 0 Å². The van der Waals surface area contributed by atoms with Crippen LogP contribution in [0.2, 0.25) is 0 Å². The van der Waals surface area contributed by atoms with E-state index in [2.05, 4.69) is 91.8 Å². The van der Waals surface area contributed by atoms with Gasteiger partial charge in [0.2, 0.25) is 0 Å². The van der Waals surface area contributed by atoms with Gasteiger partial charge in [-0.25, -0.2) is 0 Å². The molecule has 0 unspecified atom stereocenters. The molecule has 0 aliphatic rings. The van der Waals surface area contributed by atoms with Crippen LogP contribution in [0.15, 0.2) is 35.4 Å². The summed E-state index contributed by atoms with van der Waals surface area (Å²) in [5.41, 5.74) is 13.7. The first-order valence-corrected chi connectivity index (χ1v) is 9.17. The van der Waals surface area contributed by atoms with Crippen LogP contribution in [-0.4, -0.2) is 0 Å². The standard InChI is InChI=1S/C25H32/c1-16(14-24-20(5)10-18(3)11-21(24)6)9-17(2)15-25-22(7)12-19(4)13-23(25)8/h10-15H,9H2,1-8H3. The predicted molar refractivity (Wildman–Crippen MR) is 113 cm³/mol. The van der Waals surface area contributed by atoms with E-state index in [1.807, 2.05) is 0 Å². The summed E-state index contributed by atoms with van der Waals surface area (Å²) < 4.78 is 0. The van der Waals surface area contributed by atoms with Gasteiger partial charge in [-0.05, 0) is 95.2 Å². The third-order valence-electron chi connectivity index (χ3n) is 4.82. The Kier molecular flexibility index (Phi) is 6.06. The first kappa shape index (κ1) is 19.2. The van der Waals surface area contributed by atoms with Crippen molar-refractivity contribution in [3.8, 4) is 0 Å². The third-order valence-corrected chi connectivity index (χ3v) is 4.82. The lowest BCUT2D eigenvalue weighted by Gasteiger charge is -2.11. The van der Waals surface area contributed by atoms with Gasteiger partial charge in [0.25, 0.3) is 0 Å². The zero-order chi connectivity index (χ0) is 18.7. The highest BCUT2D eigenvalue weighted by molar-refractivity contribution is 5.64. The fourth-order valence-corrected chi connectivity index (χ4v) is 3.87. The molecule has 0 atom stereocenters. The molecule has 25 heavy (non-hydrogen) atoms. The van der Waals surface area contributed by atoms with Gasteiger partial charge in [0, 0.05) is 0 Å². The molecule has 0 spiro atoms. The maximum atomic E-state index is 2.36. The Morgan fingerprint density at radius 1 is 0.600 bits per heavy atom. The van der Waals surface area contributed by atoms with Gasteiger partial charge >= 0.3 is 0 Å². The summed E-state index contributed by atoms with van der Waals surface area (Å²) in [4.78, 5) is 0. The fourth-order valence-electron chi connectivity index (χ4n) is 3.87. The summed E-state index contributed by atoms with van der Waals surface area (Å²) in [7, 11) is 0. The summed E-state index contributed by atoms with van der Waals surface area (Å²) in [6, 6.07) is 9.09. The SMILES string of the molecule is CC(=Cc1c(C)cc(C)cc1C)CC(C)=Cc1c(C)cc(C)cc1C. The highest BCUT2D eigenvalue weighted by atomic mass is 14.1. The molecule has 0 amide bonds. The van der Waals surface area contributed by atoms with E-state index in [9.17, 15) is 0 Å². The average molecular weight is 333 g/mol. The van der Waals surface area contributed by atoms with Crippen LogP contribution in [0.1, 0.15) is 64.8 Å². The van der Waals surface area contributed by atoms with Gasteiger partial charge in [-0.3, -0.25) is 0 Å². The van der Waals surface area contributed by atoms with E-state index < -0.39 is 0 Å². The van der Waals surface area contributed by atoms with E-state index in [0.29, 0.717) is 0 Å². The molecule has 2 aromatic rings. The topological polar surface area (TPSA) is 0 Å². The molecule has 2 aromatic carbocycles. The number of hydrogen-bond donors (Lipinski definition) is 0. The van der Waals surface area contributed by atoms with Gasteiger partial charge in [-0.2, -0.15) is 0 Å². The van der Waals surface area contributed by atoms with Gasteiger partial charge < -0.3 is 0 Å². The minimum atomic E-state index is 1.01. The first-order valence-electron chi connectivity index (χ1n) is 9.17. The van der Waals surface area contributed by atoms with Crippen LogP contribution in [0.5, 0.6) is 0 Å². The van der Waals surface area contributed by atoms with Crippen molar-refractivity contribution >= 4 is 12.2 Å². The van der Waals surface area contributed by atoms with Gasteiger partial charge in [-0.15, -0.1) is 0 Å². The first-order chi connectivity index (χ1) is 11.7. The highest BCUT2D eigenvalue weighted by Crippen LogP contribution is 2.24. The zero-order valence-electron chi connectivity index (χ0n) is 17.2. The van der Waals surface area contributed by atoms with Crippen molar-refractivity contribution in [3.05, 3.63) is 79.9 Å². The summed E-state index contributed by atoms with van der Waals surface area (Å²) >= 11 is 0. The molecule has 0 aliphatic carbocycles. The monoisotopic (exact) mass is 332 g/mol. The minimum absolute atomic E-state index is 1.01. The molecule has 0 heteroatoms. The van der Waals surface area contributed by atoms with E-state index in [4.69, 9.17) is 0 Å². The smallest absolute Gasteiger partial charge is 0.0107 e. The molecule has 0 aliphatic heterocycles. The lowest BCUT2D eigenvalue weighted by atomic mass is 9.94. The predicted octanol–water partition coefficient (Wildman–Crippen LogP) is 7.43. The Morgan fingerprint density at radius 3 is 1.16 bits per heavy atom. The quantitative estimate of drug-likeness (QED) is 0.546. The number of allylic oxidation sites excluding steroid dienone is 2. The Morgan fingerprint density at radius 2 is 0.880 bits per heavy atom. The second-order valence-corrected chi connectivity index (χ2v) is 7.78. The zero-order valence-corrected chi connectivity index (χ0v) is 17.2. The van der Waals surface area contributed by atoms with Crippen molar-refractivity contribution in [2.45, 2.75) is 61.8 Å². The normalized spacial score (nSPS) is 12.6. The van der Waals surface area contributed by atoms with Crippen molar-refractivity contribution in [2.24, 2.45) is 0 Å². The number of rotatable bonds is 4. The van der Waals surface area contributed by atoms with Crippen LogP contribution in [0.4, 0.5) is 0 Å². The van der Waals surface area contributed by atoms with Gasteiger partial charge in [0.05, 0.1) is 0 Å². The van der Waals surface area contributed by atoms with Gasteiger partial charge in [0.1, 0.15) is 0 Å². The molecule has 0 fully saturated rings. The largest absolute Gasteiger partial charge is 0.0687 e. The summed E-state index contributed by atoms with van der Waals surface area (Å²) in [6.07, 6.45) is 5.73. The number of aryl methyl sites for hydroxylation is 6. The van der Waals surface area contributed by atoms with Crippen molar-refractivity contribution < 1.29 is 0 Å². The average Bonchev–Trinajstić information content (AvgIpc) is 2.46. The maximum absolute atomic E-state index is 2.36. The van der Waals surface area contributed by atoms with Crippen LogP contribution in [0.25, 0.3) is 12.2 Å². The van der Waals surface area contributed by atoms with Crippen LogP contribution in [0.3, 0.4) is 0 Å². The Bertz CT molecular complexity index is 727. The van der Waals surface area contributed by atoms with Crippen LogP contribution in [-0.2, 0) is 0 Å². The van der Waals surface area contributed by atoms with Crippen molar-refractivity contribution in [3.63, 3.8) is 0 Å². The summed E-state index contributed by atoms with van der Waals surface area (Å²) in [6.45, 7) is 17.7. The van der Waals surface area contributed by atoms with Crippen LogP contribution < -0.4 is 0 Å².